The van der Waals surface area contributed by atoms with Crippen LogP contribution in [0.25, 0.3) is 10.1 Å². The number of amides is 1. The number of fused-ring (bicyclic) bond motifs is 2. The lowest BCUT2D eigenvalue weighted by Crippen LogP contribution is -2.35. The standard InChI is InChI=1S/C19H15NO4S/c1-11-18(21)20-15-7-4-6-14(17(15)24-11)19(22)23-10-13-9-12-5-2-3-8-16(12)25-13/h2-9,11H,10H2,1H3,(H,20,21). The minimum Gasteiger partial charge on any atom is -0.478 e. The van der Waals surface area contributed by atoms with Crippen LogP contribution in [0.4, 0.5) is 5.69 Å². The van der Waals surface area contributed by atoms with Gasteiger partial charge in [-0.25, -0.2) is 4.79 Å². The summed E-state index contributed by atoms with van der Waals surface area (Å²) in [4.78, 5) is 25.1. The van der Waals surface area contributed by atoms with Crippen molar-refractivity contribution in [2.24, 2.45) is 0 Å². The van der Waals surface area contributed by atoms with Crippen LogP contribution in [0.1, 0.15) is 22.2 Å². The first kappa shape index (κ1) is 15.7. The number of carbonyl (C=O) groups excluding carboxylic acids is 2. The summed E-state index contributed by atoms with van der Waals surface area (Å²) in [5.74, 6) is -0.350. The van der Waals surface area contributed by atoms with Gasteiger partial charge in [-0.2, -0.15) is 0 Å². The van der Waals surface area contributed by atoms with Crippen molar-refractivity contribution in [2.45, 2.75) is 19.6 Å². The molecule has 1 amide bonds. The fourth-order valence-corrected chi connectivity index (χ4v) is 3.69. The Kier molecular flexibility index (Phi) is 3.89. The van der Waals surface area contributed by atoms with Crippen molar-refractivity contribution in [1.29, 1.82) is 0 Å². The van der Waals surface area contributed by atoms with E-state index in [1.165, 1.54) is 0 Å². The predicted molar refractivity (Wildman–Crippen MR) is 96.1 cm³/mol. The van der Waals surface area contributed by atoms with Crippen LogP contribution in [0, 0.1) is 0 Å². The smallest absolute Gasteiger partial charge is 0.342 e. The first-order valence-corrected chi connectivity index (χ1v) is 8.68. The molecule has 0 spiro atoms. The molecule has 2 aromatic carbocycles. The Hall–Kier alpha value is -2.86. The average molecular weight is 353 g/mol. The molecule has 2 heterocycles. The van der Waals surface area contributed by atoms with Crippen molar-refractivity contribution in [3.63, 3.8) is 0 Å². The van der Waals surface area contributed by atoms with Gasteiger partial charge in [0.1, 0.15) is 12.2 Å². The molecule has 0 saturated carbocycles. The Morgan fingerprint density at radius 3 is 2.92 bits per heavy atom. The first-order valence-electron chi connectivity index (χ1n) is 7.87. The minimum absolute atomic E-state index is 0.198. The summed E-state index contributed by atoms with van der Waals surface area (Å²) in [6, 6.07) is 15.1. The highest BCUT2D eigenvalue weighted by Gasteiger charge is 2.28. The molecule has 1 atom stereocenters. The van der Waals surface area contributed by atoms with E-state index in [0.29, 0.717) is 17.0 Å². The van der Waals surface area contributed by atoms with E-state index in [0.717, 1.165) is 15.0 Å². The molecule has 1 unspecified atom stereocenters. The average Bonchev–Trinajstić information content (AvgIpc) is 3.03. The molecule has 25 heavy (non-hydrogen) atoms. The third kappa shape index (κ3) is 2.96. The van der Waals surface area contributed by atoms with Gasteiger partial charge in [0.15, 0.2) is 11.9 Å². The van der Waals surface area contributed by atoms with E-state index >= 15 is 0 Å². The fraction of sp³-hybridized carbons (Fsp3) is 0.158. The van der Waals surface area contributed by atoms with Crippen LogP contribution in [0.15, 0.2) is 48.5 Å². The number of hydrogen-bond acceptors (Lipinski definition) is 5. The second-order valence-electron chi connectivity index (χ2n) is 5.76. The van der Waals surface area contributed by atoms with Crippen molar-refractivity contribution >= 4 is 39.0 Å². The first-order chi connectivity index (χ1) is 12.1. The van der Waals surface area contributed by atoms with Crippen LogP contribution < -0.4 is 10.1 Å². The third-order valence-electron chi connectivity index (χ3n) is 3.98. The predicted octanol–water partition coefficient (Wildman–Crippen LogP) is 3.98. The summed E-state index contributed by atoms with van der Waals surface area (Å²) in [6.45, 7) is 1.83. The molecular formula is C19H15NO4S. The number of nitrogens with one attached hydrogen (secondary N) is 1. The number of anilines is 1. The van der Waals surface area contributed by atoms with E-state index < -0.39 is 12.1 Å². The summed E-state index contributed by atoms with van der Waals surface area (Å²) in [5.41, 5.74) is 0.796. The van der Waals surface area contributed by atoms with Gasteiger partial charge >= 0.3 is 5.97 Å². The van der Waals surface area contributed by atoms with E-state index in [4.69, 9.17) is 9.47 Å². The number of para-hydroxylation sites is 1. The SMILES string of the molecule is CC1Oc2c(cccc2C(=O)OCc2cc3ccccc3s2)NC1=O. The molecule has 4 rings (SSSR count). The van der Waals surface area contributed by atoms with Gasteiger partial charge in [0.2, 0.25) is 0 Å². The van der Waals surface area contributed by atoms with Crippen molar-refractivity contribution in [2.75, 3.05) is 5.32 Å². The van der Waals surface area contributed by atoms with E-state index in [2.05, 4.69) is 5.32 Å². The van der Waals surface area contributed by atoms with Crippen molar-refractivity contribution < 1.29 is 19.1 Å². The van der Waals surface area contributed by atoms with Gasteiger partial charge in [0, 0.05) is 9.58 Å². The number of thiophene rings is 1. The molecule has 0 saturated heterocycles. The molecule has 0 fully saturated rings. The molecule has 1 aliphatic heterocycles. The normalized spacial score (nSPS) is 16.0. The fourth-order valence-electron chi connectivity index (χ4n) is 2.71. The Balaban J connectivity index is 1.53. The van der Waals surface area contributed by atoms with Gasteiger partial charge in [-0.3, -0.25) is 4.79 Å². The summed E-state index contributed by atoms with van der Waals surface area (Å²) in [5, 5.41) is 3.86. The molecule has 3 aromatic rings. The number of ether oxygens (including phenoxy) is 2. The highest BCUT2D eigenvalue weighted by Crippen LogP contribution is 2.34. The molecule has 1 aromatic heterocycles. The number of benzene rings is 2. The maximum absolute atomic E-state index is 12.5. The lowest BCUT2D eigenvalue weighted by Gasteiger charge is -2.24. The molecular weight excluding hydrogens is 338 g/mol. The molecule has 6 heteroatoms. The molecule has 0 bridgehead atoms. The van der Waals surface area contributed by atoms with Crippen molar-refractivity contribution in [1.82, 2.24) is 0 Å². The summed E-state index contributed by atoms with van der Waals surface area (Å²) >= 11 is 1.60. The lowest BCUT2D eigenvalue weighted by molar-refractivity contribution is -0.122. The summed E-state index contributed by atoms with van der Waals surface area (Å²) in [6.07, 6.45) is -0.649. The van der Waals surface area contributed by atoms with Crippen molar-refractivity contribution in [3.05, 3.63) is 59.0 Å². The maximum atomic E-state index is 12.5. The Morgan fingerprint density at radius 2 is 2.08 bits per heavy atom. The van der Waals surface area contributed by atoms with Crippen molar-refractivity contribution in [3.8, 4) is 5.75 Å². The summed E-state index contributed by atoms with van der Waals surface area (Å²) in [7, 11) is 0. The van der Waals surface area contributed by atoms with E-state index in [1.54, 1.807) is 36.5 Å². The number of rotatable bonds is 3. The van der Waals surface area contributed by atoms with Crippen LogP contribution in [0.5, 0.6) is 5.75 Å². The van der Waals surface area contributed by atoms with Crippen LogP contribution in [-0.2, 0) is 16.1 Å². The third-order valence-corrected chi connectivity index (χ3v) is 5.07. The highest BCUT2D eigenvalue weighted by molar-refractivity contribution is 7.19. The second kappa shape index (κ2) is 6.22. The largest absolute Gasteiger partial charge is 0.478 e. The van der Waals surface area contributed by atoms with Gasteiger partial charge in [-0.15, -0.1) is 11.3 Å². The minimum atomic E-state index is -0.649. The van der Waals surface area contributed by atoms with Crippen LogP contribution >= 0.6 is 11.3 Å². The van der Waals surface area contributed by atoms with Gasteiger partial charge in [-0.05, 0) is 36.6 Å². The monoisotopic (exact) mass is 353 g/mol. The van der Waals surface area contributed by atoms with Crippen LogP contribution in [0.2, 0.25) is 0 Å². The Labute approximate surface area is 148 Å². The molecule has 126 valence electrons. The van der Waals surface area contributed by atoms with Gasteiger partial charge in [0.25, 0.3) is 5.91 Å². The number of carbonyl (C=O) groups is 2. The van der Waals surface area contributed by atoms with E-state index in [9.17, 15) is 9.59 Å². The maximum Gasteiger partial charge on any atom is 0.342 e. The molecule has 5 nitrogen and oxygen atoms in total. The molecule has 0 aliphatic carbocycles. The summed E-state index contributed by atoms with van der Waals surface area (Å²) < 4.78 is 12.2. The van der Waals surface area contributed by atoms with Gasteiger partial charge in [-0.1, -0.05) is 24.3 Å². The zero-order chi connectivity index (χ0) is 17.4. The van der Waals surface area contributed by atoms with E-state index in [-0.39, 0.29) is 12.5 Å². The zero-order valence-electron chi connectivity index (χ0n) is 13.4. The van der Waals surface area contributed by atoms with Gasteiger partial charge in [0.05, 0.1) is 5.69 Å². The molecule has 1 aliphatic rings. The van der Waals surface area contributed by atoms with Crippen LogP contribution in [0.3, 0.4) is 0 Å². The quantitative estimate of drug-likeness (QED) is 0.724. The Bertz CT molecular complexity index is 945. The zero-order valence-corrected chi connectivity index (χ0v) is 14.3. The molecule has 1 N–H and O–H groups in total. The van der Waals surface area contributed by atoms with E-state index in [1.807, 2.05) is 30.3 Å². The number of esters is 1. The lowest BCUT2D eigenvalue weighted by atomic mass is 10.1. The molecule has 0 radical (unpaired) electrons. The second-order valence-corrected chi connectivity index (χ2v) is 6.93. The topological polar surface area (TPSA) is 64.6 Å². The Morgan fingerprint density at radius 1 is 1.24 bits per heavy atom. The number of hydrogen-bond donors (Lipinski definition) is 1. The highest BCUT2D eigenvalue weighted by atomic mass is 32.1. The van der Waals surface area contributed by atoms with Gasteiger partial charge < -0.3 is 14.8 Å². The van der Waals surface area contributed by atoms with Crippen LogP contribution in [-0.4, -0.2) is 18.0 Å².